The number of aryl methyl sites for hydroxylation is 1. The van der Waals surface area contributed by atoms with Crippen molar-refractivity contribution in [2.75, 3.05) is 24.5 Å². The van der Waals surface area contributed by atoms with Gasteiger partial charge in [0, 0.05) is 41.8 Å². The Balaban J connectivity index is 1.46. The summed E-state index contributed by atoms with van der Waals surface area (Å²) < 4.78 is 0. The molecule has 6 nitrogen and oxygen atoms in total. The van der Waals surface area contributed by atoms with Gasteiger partial charge in [0.25, 0.3) is 0 Å². The SMILES string of the molecule is Cc1cc(C(=O)O)ccc1N1CCN([C@H]2CC[C@](CN)(c3cccc(Cl)c3)CC2)C1=O. The topological polar surface area (TPSA) is 86.9 Å². The van der Waals surface area contributed by atoms with Gasteiger partial charge in [-0.05, 0) is 74.1 Å². The van der Waals surface area contributed by atoms with E-state index in [0.29, 0.717) is 19.6 Å². The Kier molecular flexibility index (Phi) is 5.95. The van der Waals surface area contributed by atoms with Gasteiger partial charge in [0.2, 0.25) is 0 Å². The van der Waals surface area contributed by atoms with Gasteiger partial charge in [-0.1, -0.05) is 23.7 Å². The number of carbonyl (C=O) groups is 2. The summed E-state index contributed by atoms with van der Waals surface area (Å²) in [4.78, 5) is 28.2. The number of benzene rings is 2. The molecule has 1 aliphatic heterocycles. The predicted molar refractivity (Wildman–Crippen MR) is 122 cm³/mol. The molecule has 0 spiro atoms. The first-order chi connectivity index (χ1) is 14.8. The highest BCUT2D eigenvalue weighted by atomic mass is 35.5. The second kappa shape index (κ2) is 8.52. The summed E-state index contributed by atoms with van der Waals surface area (Å²) in [5.41, 5.74) is 9.12. The zero-order chi connectivity index (χ0) is 22.2. The third-order valence-corrected chi connectivity index (χ3v) is 7.19. The van der Waals surface area contributed by atoms with E-state index < -0.39 is 5.97 Å². The van der Waals surface area contributed by atoms with Gasteiger partial charge in [-0.25, -0.2) is 9.59 Å². The van der Waals surface area contributed by atoms with E-state index in [9.17, 15) is 14.7 Å². The molecule has 1 aliphatic carbocycles. The van der Waals surface area contributed by atoms with Crippen LogP contribution < -0.4 is 10.6 Å². The number of hydrogen-bond donors (Lipinski definition) is 2. The van der Waals surface area contributed by atoms with Crippen molar-refractivity contribution in [1.29, 1.82) is 0 Å². The van der Waals surface area contributed by atoms with Crippen LogP contribution in [-0.4, -0.2) is 47.7 Å². The van der Waals surface area contributed by atoms with E-state index in [0.717, 1.165) is 42.0 Å². The average molecular weight is 442 g/mol. The third kappa shape index (κ3) is 4.02. The number of nitrogens with two attached hydrogens (primary N) is 1. The van der Waals surface area contributed by atoms with E-state index in [4.69, 9.17) is 17.3 Å². The molecule has 0 aromatic heterocycles. The molecule has 0 radical (unpaired) electrons. The molecule has 3 N–H and O–H groups in total. The standard InChI is InChI=1S/C24H28ClN3O3/c1-16-13-17(22(29)30)5-6-21(16)28-12-11-27(23(28)31)20-7-9-24(15-26,10-8-20)18-3-2-4-19(25)14-18/h2-6,13-14,20H,7-12,15,26H2,1H3,(H,29,30)/t20-,24-. The molecule has 164 valence electrons. The number of aromatic carboxylic acids is 1. The lowest BCUT2D eigenvalue weighted by Crippen LogP contribution is -2.47. The lowest BCUT2D eigenvalue weighted by Gasteiger charge is -2.42. The highest BCUT2D eigenvalue weighted by molar-refractivity contribution is 6.30. The molecular weight excluding hydrogens is 414 g/mol. The maximum Gasteiger partial charge on any atom is 0.335 e. The summed E-state index contributed by atoms with van der Waals surface area (Å²) in [6.45, 7) is 3.70. The van der Waals surface area contributed by atoms with Crippen LogP contribution in [0, 0.1) is 6.92 Å². The molecule has 2 aromatic rings. The Bertz CT molecular complexity index is 1000. The molecule has 2 aromatic carbocycles. The number of urea groups is 1. The molecule has 0 unspecified atom stereocenters. The quantitative estimate of drug-likeness (QED) is 0.718. The fraction of sp³-hybridized carbons (Fsp3) is 0.417. The Morgan fingerprint density at radius 2 is 1.94 bits per heavy atom. The van der Waals surface area contributed by atoms with E-state index in [1.165, 1.54) is 5.56 Å². The Morgan fingerprint density at radius 1 is 1.19 bits per heavy atom. The van der Waals surface area contributed by atoms with Crippen LogP contribution in [0.15, 0.2) is 42.5 Å². The number of carboxylic acid groups (broad SMARTS) is 1. The highest BCUT2D eigenvalue weighted by Gasteiger charge is 2.41. The van der Waals surface area contributed by atoms with Crippen molar-refractivity contribution in [3.63, 3.8) is 0 Å². The lowest BCUT2D eigenvalue weighted by molar-refractivity contribution is 0.0696. The van der Waals surface area contributed by atoms with Gasteiger partial charge in [0.05, 0.1) is 5.56 Å². The van der Waals surface area contributed by atoms with E-state index in [-0.39, 0.29) is 23.1 Å². The zero-order valence-corrected chi connectivity index (χ0v) is 18.4. The maximum absolute atomic E-state index is 13.2. The van der Waals surface area contributed by atoms with Crippen LogP contribution in [0.1, 0.15) is 47.2 Å². The van der Waals surface area contributed by atoms with Gasteiger partial charge in [-0.15, -0.1) is 0 Å². The number of carbonyl (C=O) groups excluding carboxylic acids is 1. The Hall–Kier alpha value is -2.57. The van der Waals surface area contributed by atoms with Gasteiger partial charge < -0.3 is 15.7 Å². The second-order valence-electron chi connectivity index (χ2n) is 8.66. The molecular formula is C24H28ClN3O3. The molecule has 1 heterocycles. The molecule has 2 fully saturated rings. The summed E-state index contributed by atoms with van der Waals surface area (Å²) in [6, 6.07) is 13.1. The summed E-state index contributed by atoms with van der Waals surface area (Å²) in [6.07, 6.45) is 3.65. The molecule has 1 saturated carbocycles. The number of halogens is 1. The first-order valence-electron chi connectivity index (χ1n) is 10.7. The minimum Gasteiger partial charge on any atom is -0.478 e. The van der Waals surface area contributed by atoms with Crippen LogP contribution in [0.2, 0.25) is 5.02 Å². The largest absolute Gasteiger partial charge is 0.478 e. The third-order valence-electron chi connectivity index (χ3n) is 6.96. The van der Waals surface area contributed by atoms with Gasteiger partial charge >= 0.3 is 12.0 Å². The number of nitrogens with zero attached hydrogens (tertiary/aromatic N) is 2. The predicted octanol–water partition coefficient (Wildman–Crippen LogP) is 4.43. The van der Waals surface area contributed by atoms with Crippen molar-refractivity contribution in [3.8, 4) is 0 Å². The molecule has 0 atom stereocenters. The number of carboxylic acids is 1. The summed E-state index contributed by atoms with van der Waals surface area (Å²) in [5, 5.41) is 9.91. The minimum absolute atomic E-state index is 0.000760. The van der Waals surface area contributed by atoms with Crippen molar-refractivity contribution in [1.82, 2.24) is 4.90 Å². The zero-order valence-electron chi connectivity index (χ0n) is 17.7. The summed E-state index contributed by atoms with van der Waals surface area (Å²) >= 11 is 6.22. The van der Waals surface area contributed by atoms with E-state index in [1.807, 2.05) is 30.0 Å². The van der Waals surface area contributed by atoms with Crippen molar-refractivity contribution in [2.45, 2.75) is 44.1 Å². The summed E-state index contributed by atoms with van der Waals surface area (Å²) in [5.74, 6) is -0.964. The molecule has 2 amide bonds. The monoisotopic (exact) mass is 441 g/mol. The van der Waals surface area contributed by atoms with Gasteiger partial charge in [-0.3, -0.25) is 4.90 Å². The molecule has 1 saturated heterocycles. The van der Waals surface area contributed by atoms with Crippen LogP contribution in [0.5, 0.6) is 0 Å². The highest BCUT2D eigenvalue weighted by Crippen LogP contribution is 2.41. The number of amides is 2. The first-order valence-corrected chi connectivity index (χ1v) is 11.1. The second-order valence-corrected chi connectivity index (χ2v) is 9.10. The number of hydrogen-bond acceptors (Lipinski definition) is 3. The normalized spacial score (nSPS) is 24.0. The Morgan fingerprint density at radius 3 is 2.55 bits per heavy atom. The van der Waals surface area contributed by atoms with Crippen molar-refractivity contribution < 1.29 is 14.7 Å². The van der Waals surface area contributed by atoms with Crippen LogP contribution >= 0.6 is 11.6 Å². The van der Waals surface area contributed by atoms with Crippen molar-refractivity contribution in [2.24, 2.45) is 5.73 Å². The van der Waals surface area contributed by atoms with Crippen molar-refractivity contribution in [3.05, 3.63) is 64.2 Å². The van der Waals surface area contributed by atoms with Gasteiger partial charge in [-0.2, -0.15) is 0 Å². The molecule has 2 aliphatic rings. The lowest BCUT2D eigenvalue weighted by atomic mass is 9.68. The van der Waals surface area contributed by atoms with Gasteiger partial charge in [0.1, 0.15) is 0 Å². The van der Waals surface area contributed by atoms with Crippen LogP contribution in [0.4, 0.5) is 10.5 Å². The summed E-state index contributed by atoms with van der Waals surface area (Å²) in [7, 11) is 0. The molecule has 31 heavy (non-hydrogen) atoms. The molecule has 0 bridgehead atoms. The van der Waals surface area contributed by atoms with Crippen LogP contribution in [0.25, 0.3) is 0 Å². The molecule has 7 heteroatoms. The smallest absolute Gasteiger partial charge is 0.335 e. The van der Waals surface area contributed by atoms with E-state index in [1.54, 1.807) is 23.1 Å². The van der Waals surface area contributed by atoms with Crippen molar-refractivity contribution >= 4 is 29.3 Å². The maximum atomic E-state index is 13.2. The van der Waals surface area contributed by atoms with E-state index in [2.05, 4.69) is 6.07 Å². The van der Waals surface area contributed by atoms with E-state index >= 15 is 0 Å². The first kappa shape index (κ1) is 21.7. The van der Waals surface area contributed by atoms with Crippen LogP contribution in [-0.2, 0) is 5.41 Å². The van der Waals surface area contributed by atoms with Gasteiger partial charge in [0.15, 0.2) is 0 Å². The Labute approximate surface area is 187 Å². The minimum atomic E-state index is -0.964. The van der Waals surface area contributed by atoms with Crippen LogP contribution in [0.3, 0.4) is 0 Å². The number of rotatable bonds is 5. The fourth-order valence-corrected chi connectivity index (χ4v) is 5.29. The molecule has 4 rings (SSSR count). The fourth-order valence-electron chi connectivity index (χ4n) is 5.10. The number of anilines is 1. The average Bonchev–Trinajstić information content (AvgIpc) is 3.14.